The van der Waals surface area contributed by atoms with Crippen molar-refractivity contribution in [1.29, 1.82) is 0 Å². The van der Waals surface area contributed by atoms with Crippen LogP contribution in [-0.2, 0) is 16.0 Å². The van der Waals surface area contributed by atoms with E-state index in [1.54, 1.807) is 23.1 Å². The van der Waals surface area contributed by atoms with E-state index in [4.69, 9.17) is 26.2 Å². The van der Waals surface area contributed by atoms with Crippen molar-refractivity contribution >= 4 is 29.1 Å². The number of rotatable bonds is 11. The minimum absolute atomic E-state index is 0.0735. The molecule has 0 fully saturated rings. The predicted octanol–water partition coefficient (Wildman–Crippen LogP) is 4.70. The lowest BCUT2D eigenvalue weighted by Gasteiger charge is -2.17. The summed E-state index contributed by atoms with van der Waals surface area (Å²) in [5.74, 6) is -0.422. The molecule has 2 rings (SSSR count). The summed E-state index contributed by atoms with van der Waals surface area (Å²) < 4.78 is 11.3. The van der Waals surface area contributed by atoms with Crippen molar-refractivity contribution in [1.82, 2.24) is 4.90 Å². The zero-order valence-electron chi connectivity index (χ0n) is 18.1. The first-order valence-electron chi connectivity index (χ1n) is 10.2. The lowest BCUT2D eigenvalue weighted by atomic mass is 10.1. The van der Waals surface area contributed by atoms with Crippen LogP contribution in [0.4, 0.5) is 0 Å². The molecule has 2 aromatic carbocycles. The van der Waals surface area contributed by atoms with Gasteiger partial charge in [-0.1, -0.05) is 35.9 Å². The smallest absolute Gasteiger partial charge is 0.341 e. The Kier molecular flexibility index (Phi) is 9.40. The number of carboxylic acids is 1. The molecule has 6 nitrogen and oxygen atoms in total. The number of hydrogen-bond donors (Lipinski definition) is 1. The van der Waals surface area contributed by atoms with Gasteiger partial charge in [0.15, 0.2) is 18.1 Å². The van der Waals surface area contributed by atoms with Crippen molar-refractivity contribution < 1.29 is 24.2 Å². The van der Waals surface area contributed by atoms with Gasteiger partial charge in [-0.25, -0.2) is 4.79 Å². The molecule has 7 heteroatoms. The summed E-state index contributed by atoms with van der Waals surface area (Å²) in [5, 5.41) is 9.66. The van der Waals surface area contributed by atoms with Crippen LogP contribution in [-0.4, -0.2) is 48.2 Å². The third-order valence-corrected chi connectivity index (χ3v) is 5.12. The maximum atomic E-state index is 12.4. The zero-order chi connectivity index (χ0) is 22.8. The number of hydrogen-bond acceptors (Lipinski definition) is 4. The van der Waals surface area contributed by atoms with Crippen LogP contribution in [0.2, 0.25) is 5.02 Å². The Hall–Kier alpha value is -2.99. The fourth-order valence-electron chi connectivity index (χ4n) is 2.99. The largest absolute Gasteiger partial charge is 0.489 e. The molecule has 0 spiro atoms. The molecule has 166 valence electrons. The third-order valence-electron chi connectivity index (χ3n) is 4.75. The highest BCUT2D eigenvalue weighted by Crippen LogP contribution is 2.31. The average Bonchev–Trinajstić information content (AvgIpc) is 2.74. The summed E-state index contributed by atoms with van der Waals surface area (Å²) in [7, 11) is 0. The SMILES string of the molecule is CCN(CC)C(=O)/C=C(\C)c1ccc(OCCc2ccccc2Cl)c(OCC(=O)O)c1. The molecule has 0 unspecified atom stereocenters. The fourth-order valence-corrected chi connectivity index (χ4v) is 3.22. The Morgan fingerprint density at radius 3 is 2.42 bits per heavy atom. The van der Waals surface area contributed by atoms with Crippen molar-refractivity contribution in [3.05, 3.63) is 64.7 Å². The number of likely N-dealkylation sites (N-methyl/N-ethyl adjacent to an activating group) is 1. The van der Waals surface area contributed by atoms with Crippen molar-refractivity contribution in [3.63, 3.8) is 0 Å². The number of nitrogens with zero attached hydrogens (tertiary/aromatic N) is 1. The first-order valence-corrected chi connectivity index (χ1v) is 10.6. The van der Waals surface area contributed by atoms with Gasteiger partial charge in [-0.2, -0.15) is 0 Å². The molecule has 0 aliphatic rings. The van der Waals surface area contributed by atoms with Gasteiger partial charge in [-0.15, -0.1) is 0 Å². The van der Waals surface area contributed by atoms with Crippen molar-refractivity contribution in [2.45, 2.75) is 27.2 Å². The number of amides is 1. The molecule has 1 amide bonds. The van der Waals surface area contributed by atoms with Gasteiger partial charge in [0.2, 0.25) is 5.91 Å². The van der Waals surface area contributed by atoms with Crippen molar-refractivity contribution in [2.24, 2.45) is 0 Å². The second kappa shape index (κ2) is 12.0. The van der Waals surface area contributed by atoms with Crippen LogP contribution in [0.15, 0.2) is 48.5 Å². The second-order valence-corrected chi connectivity index (χ2v) is 7.28. The molecular formula is C24H28ClNO5. The van der Waals surface area contributed by atoms with Gasteiger partial charge in [0, 0.05) is 30.6 Å². The Morgan fingerprint density at radius 2 is 1.77 bits per heavy atom. The average molecular weight is 446 g/mol. The van der Waals surface area contributed by atoms with Crippen LogP contribution in [0, 0.1) is 0 Å². The van der Waals surface area contributed by atoms with Crippen LogP contribution in [0.5, 0.6) is 11.5 Å². The lowest BCUT2D eigenvalue weighted by molar-refractivity contribution is -0.139. The van der Waals surface area contributed by atoms with Crippen molar-refractivity contribution in [2.75, 3.05) is 26.3 Å². The molecular weight excluding hydrogens is 418 g/mol. The number of carbonyl (C=O) groups excluding carboxylic acids is 1. The molecule has 0 saturated heterocycles. The Balaban J connectivity index is 2.19. The van der Waals surface area contributed by atoms with E-state index in [0.717, 1.165) is 16.7 Å². The molecule has 31 heavy (non-hydrogen) atoms. The molecule has 0 radical (unpaired) electrons. The number of carbonyl (C=O) groups is 2. The van der Waals surface area contributed by atoms with E-state index in [1.807, 2.05) is 51.1 Å². The van der Waals surface area contributed by atoms with Crippen LogP contribution in [0.1, 0.15) is 31.9 Å². The lowest BCUT2D eigenvalue weighted by Crippen LogP contribution is -2.28. The Morgan fingerprint density at radius 1 is 1.06 bits per heavy atom. The normalized spacial score (nSPS) is 11.2. The van der Waals surface area contributed by atoms with Gasteiger partial charge in [0.1, 0.15) is 0 Å². The molecule has 0 bridgehead atoms. The highest BCUT2D eigenvalue weighted by molar-refractivity contribution is 6.31. The maximum absolute atomic E-state index is 12.4. The first-order chi connectivity index (χ1) is 14.8. The topological polar surface area (TPSA) is 76.1 Å². The number of carboxylic acid groups (broad SMARTS) is 1. The van der Waals surface area contributed by atoms with Crippen LogP contribution >= 0.6 is 11.6 Å². The number of halogens is 1. The quantitative estimate of drug-likeness (QED) is 0.507. The van der Waals surface area contributed by atoms with E-state index in [0.29, 0.717) is 42.6 Å². The predicted molar refractivity (Wildman–Crippen MR) is 122 cm³/mol. The number of allylic oxidation sites excluding steroid dienone is 1. The molecule has 0 aromatic heterocycles. The van der Waals surface area contributed by atoms with Crippen molar-refractivity contribution in [3.8, 4) is 11.5 Å². The highest BCUT2D eigenvalue weighted by atomic mass is 35.5. The summed E-state index contributed by atoms with van der Waals surface area (Å²) >= 11 is 6.18. The number of benzene rings is 2. The summed E-state index contributed by atoms with van der Waals surface area (Å²) in [6, 6.07) is 12.8. The molecule has 1 N–H and O–H groups in total. The minimum atomic E-state index is -1.09. The number of aliphatic carboxylic acids is 1. The third kappa shape index (κ3) is 7.33. The van der Waals surface area contributed by atoms with E-state index in [1.165, 1.54) is 0 Å². The van der Waals surface area contributed by atoms with Crippen LogP contribution in [0.3, 0.4) is 0 Å². The second-order valence-electron chi connectivity index (χ2n) is 6.87. The van der Waals surface area contributed by atoms with Gasteiger partial charge < -0.3 is 19.5 Å². The Bertz CT molecular complexity index is 937. The fraction of sp³-hybridized carbons (Fsp3) is 0.333. The monoisotopic (exact) mass is 445 g/mol. The molecule has 0 atom stereocenters. The maximum Gasteiger partial charge on any atom is 0.341 e. The summed E-state index contributed by atoms with van der Waals surface area (Å²) in [5.41, 5.74) is 2.46. The summed E-state index contributed by atoms with van der Waals surface area (Å²) in [4.78, 5) is 25.1. The standard InChI is InChI=1S/C24H28ClNO5/c1-4-26(5-2)23(27)14-17(3)19-10-11-21(22(15-19)31-16-24(28)29)30-13-12-18-8-6-7-9-20(18)25/h6-11,14-15H,4-5,12-13,16H2,1-3H3,(H,28,29)/b17-14+. The summed E-state index contributed by atoms with van der Waals surface area (Å²) in [6.45, 7) is 6.80. The van der Waals surface area contributed by atoms with Gasteiger partial charge in [-0.3, -0.25) is 4.79 Å². The van der Waals surface area contributed by atoms with Gasteiger partial charge in [0.05, 0.1) is 6.61 Å². The minimum Gasteiger partial charge on any atom is -0.489 e. The van der Waals surface area contributed by atoms with E-state index >= 15 is 0 Å². The van der Waals surface area contributed by atoms with Crippen LogP contribution < -0.4 is 9.47 Å². The molecule has 0 aliphatic carbocycles. The molecule has 0 aliphatic heterocycles. The molecule has 2 aromatic rings. The summed E-state index contributed by atoms with van der Waals surface area (Å²) in [6.07, 6.45) is 2.17. The number of ether oxygens (including phenoxy) is 2. The zero-order valence-corrected chi connectivity index (χ0v) is 18.8. The van der Waals surface area contributed by atoms with Gasteiger partial charge in [0.25, 0.3) is 0 Å². The molecule has 0 heterocycles. The highest BCUT2D eigenvalue weighted by Gasteiger charge is 2.12. The van der Waals surface area contributed by atoms with E-state index < -0.39 is 12.6 Å². The van der Waals surface area contributed by atoms with E-state index in [-0.39, 0.29) is 5.91 Å². The first kappa shape index (κ1) is 24.3. The molecule has 0 saturated carbocycles. The van der Waals surface area contributed by atoms with Gasteiger partial charge in [-0.05, 0) is 55.7 Å². The van der Waals surface area contributed by atoms with Crippen LogP contribution in [0.25, 0.3) is 5.57 Å². The van der Waals surface area contributed by atoms with E-state index in [2.05, 4.69) is 0 Å². The van der Waals surface area contributed by atoms with E-state index in [9.17, 15) is 9.59 Å². The van der Waals surface area contributed by atoms with Gasteiger partial charge >= 0.3 is 5.97 Å². The Labute approximate surface area is 188 Å².